The summed E-state index contributed by atoms with van der Waals surface area (Å²) in [6, 6.07) is 7.53. The van der Waals surface area contributed by atoms with Crippen LogP contribution in [0.5, 0.6) is 0 Å². The molecule has 0 aliphatic carbocycles. The van der Waals surface area contributed by atoms with Crippen LogP contribution in [0.3, 0.4) is 0 Å². The third-order valence-corrected chi connectivity index (χ3v) is 4.20. The normalized spacial score (nSPS) is 24.6. The Hall–Kier alpha value is -1.84. The molecule has 0 saturated carbocycles. The second-order valence-corrected chi connectivity index (χ2v) is 5.60. The van der Waals surface area contributed by atoms with Crippen molar-refractivity contribution in [3.05, 3.63) is 35.4 Å². The number of fused-ring (bicyclic) bond motifs is 2. The average molecular weight is 273 g/mol. The molecule has 1 amide bonds. The summed E-state index contributed by atoms with van der Waals surface area (Å²) in [5, 5.41) is 0. The Kier molecular flexibility index (Phi) is 3.24. The second kappa shape index (κ2) is 4.93. The van der Waals surface area contributed by atoms with Crippen LogP contribution >= 0.6 is 0 Å². The predicted molar refractivity (Wildman–Crippen MR) is 74.3 cm³/mol. The molecule has 1 saturated heterocycles. The molecule has 2 aliphatic rings. The van der Waals surface area contributed by atoms with Gasteiger partial charge in [-0.15, -0.1) is 0 Å². The van der Waals surface area contributed by atoms with E-state index in [4.69, 9.17) is 4.74 Å². The number of carbonyl (C=O) groups is 2. The summed E-state index contributed by atoms with van der Waals surface area (Å²) in [5.74, 6) is -0.0996. The third kappa shape index (κ3) is 1.99. The lowest BCUT2D eigenvalue weighted by atomic mass is 9.85. The maximum absolute atomic E-state index is 12.1. The highest BCUT2D eigenvalue weighted by Gasteiger charge is 2.48. The molecule has 1 atom stereocenters. The fourth-order valence-corrected chi connectivity index (χ4v) is 3.26. The highest BCUT2D eigenvalue weighted by molar-refractivity contribution is 5.95. The first-order chi connectivity index (χ1) is 9.66. The van der Waals surface area contributed by atoms with Crippen LogP contribution in [0.2, 0.25) is 0 Å². The van der Waals surface area contributed by atoms with Gasteiger partial charge in [-0.25, -0.2) is 4.79 Å². The van der Waals surface area contributed by atoms with Crippen molar-refractivity contribution >= 4 is 11.9 Å². The van der Waals surface area contributed by atoms with Gasteiger partial charge >= 0.3 is 5.97 Å². The van der Waals surface area contributed by atoms with E-state index in [-0.39, 0.29) is 11.9 Å². The summed E-state index contributed by atoms with van der Waals surface area (Å²) in [4.78, 5) is 26.0. The molecule has 3 rings (SSSR count). The van der Waals surface area contributed by atoms with Gasteiger partial charge in [0, 0.05) is 18.5 Å². The fourth-order valence-electron chi connectivity index (χ4n) is 3.26. The van der Waals surface area contributed by atoms with Gasteiger partial charge in [-0.1, -0.05) is 25.1 Å². The number of nitrogens with zero attached hydrogens (tertiary/aromatic N) is 1. The molecule has 2 heterocycles. The van der Waals surface area contributed by atoms with Crippen molar-refractivity contribution in [2.24, 2.45) is 0 Å². The number of carbonyl (C=O) groups excluding carboxylic acids is 2. The second-order valence-electron chi connectivity index (χ2n) is 5.60. The molecule has 0 aromatic heterocycles. The van der Waals surface area contributed by atoms with Crippen LogP contribution in [0.4, 0.5) is 0 Å². The summed E-state index contributed by atoms with van der Waals surface area (Å²) in [6.07, 6.45) is 3.08. The SMILES string of the molecule is CCCC(=O)N1CCCC2(C1)OC(=O)c1ccccc12. The molecular weight excluding hydrogens is 254 g/mol. The molecule has 0 bridgehead atoms. The smallest absolute Gasteiger partial charge is 0.339 e. The van der Waals surface area contributed by atoms with Gasteiger partial charge in [0.25, 0.3) is 0 Å². The molecule has 1 unspecified atom stereocenters. The molecule has 20 heavy (non-hydrogen) atoms. The Morgan fingerprint density at radius 3 is 3.00 bits per heavy atom. The van der Waals surface area contributed by atoms with Crippen molar-refractivity contribution < 1.29 is 14.3 Å². The number of likely N-dealkylation sites (tertiary alicyclic amines) is 1. The van der Waals surface area contributed by atoms with E-state index in [9.17, 15) is 9.59 Å². The molecule has 4 nitrogen and oxygen atoms in total. The van der Waals surface area contributed by atoms with Crippen LogP contribution in [0, 0.1) is 0 Å². The Balaban J connectivity index is 1.90. The molecule has 106 valence electrons. The number of hydrogen-bond donors (Lipinski definition) is 0. The van der Waals surface area contributed by atoms with E-state index in [0.29, 0.717) is 18.5 Å². The van der Waals surface area contributed by atoms with Gasteiger partial charge in [0.15, 0.2) is 5.60 Å². The minimum absolute atomic E-state index is 0.159. The Bertz CT molecular complexity index is 554. The van der Waals surface area contributed by atoms with Crippen LogP contribution in [-0.2, 0) is 15.1 Å². The minimum atomic E-state index is -0.616. The number of benzene rings is 1. The molecule has 0 N–H and O–H groups in total. The van der Waals surface area contributed by atoms with E-state index < -0.39 is 5.60 Å². The third-order valence-electron chi connectivity index (χ3n) is 4.20. The molecular formula is C16H19NO3. The number of rotatable bonds is 2. The van der Waals surface area contributed by atoms with E-state index in [1.807, 2.05) is 30.0 Å². The quantitative estimate of drug-likeness (QED) is 0.778. The van der Waals surface area contributed by atoms with E-state index in [1.54, 1.807) is 6.07 Å². The number of amides is 1. The standard InChI is InChI=1S/C16H19NO3/c1-2-6-14(18)17-10-5-9-16(11-17)13-8-4-3-7-12(13)15(19)20-16/h3-4,7-8H,2,5-6,9-11H2,1H3. The Labute approximate surface area is 118 Å². The fraction of sp³-hybridized carbons (Fsp3) is 0.500. The van der Waals surface area contributed by atoms with Gasteiger partial charge in [0.05, 0.1) is 12.1 Å². The van der Waals surface area contributed by atoms with Gasteiger partial charge in [0.1, 0.15) is 0 Å². The lowest BCUT2D eigenvalue weighted by molar-refractivity contribution is -0.138. The van der Waals surface area contributed by atoms with Crippen LogP contribution in [0.15, 0.2) is 24.3 Å². The maximum atomic E-state index is 12.1. The number of ether oxygens (including phenoxy) is 1. The van der Waals surface area contributed by atoms with Crippen LogP contribution in [-0.4, -0.2) is 29.9 Å². The summed E-state index contributed by atoms with van der Waals surface area (Å²) in [5.41, 5.74) is 0.978. The zero-order valence-corrected chi connectivity index (χ0v) is 11.7. The summed E-state index contributed by atoms with van der Waals surface area (Å²) in [6.45, 7) is 3.26. The van der Waals surface area contributed by atoms with Gasteiger partial charge in [-0.2, -0.15) is 0 Å². The maximum Gasteiger partial charge on any atom is 0.339 e. The minimum Gasteiger partial charge on any atom is -0.449 e. The lowest BCUT2D eigenvalue weighted by Crippen LogP contribution is -2.48. The molecule has 1 fully saturated rings. The summed E-state index contributed by atoms with van der Waals surface area (Å²) >= 11 is 0. The highest BCUT2D eigenvalue weighted by atomic mass is 16.6. The van der Waals surface area contributed by atoms with Crippen LogP contribution in [0.25, 0.3) is 0 Å². The van der Waals surface area contributed by atoms with Gasteiger partial charge in [-0.05, 0) is 25.3 Å². The Morgan fingerprint density at radius 2 is 2.20 bits per heavy atom. The molecule has 1 spiro atoms. The number of piperidine rings is 1. The van der Waals surface area contributed by atoms with E-state index in [1.165, 1.54) is 0 Å². The van der Waals surface area contributed by atoms with Gasteiger partial charge in [0.2, 0.25) is 5.91 Å². The first-order valence-electron chi connectivity index (χ1n) is 7.27. The molecule has 1 aromatic rings. The molecule has 2 aliphatic heterocycles. The topological polar surface area (TPSA) is 46.6 Å². The molecule has 0 radical (unpaired) electrons. The van der Waals surface area contributed by atoms with E-state index >= 15 is 0 Å². The van der Waals surface area contributed by atoms with Crippen molar-refractivity contribution in [1.82, 2.24) is 4.90 Å². The average Bonchev–Trinajstić information content (AvgIpc) is 2.73. The first-order valence-corrected chi connectivity index (χ1v) is 7.27. The monoisotopic (exact) mass is 273 g/mol. The molecule has 4 heteroatoms. The number of hydrogen-bond acceptors (Lipinski definition) is 3. The van der Waals surface area contributed by atoms with E-state index in [2.05, 4.69) is 0 Å². The lowest BCUT2D eigenvalue weighted by Gasteiger charge is -2.39. The summed E-state index contributed by atoms with van der Waals surface area (Å²) in [7, 11) is 0. The predicted octanol–water partition coefficient (Wildman–Crippen LogP) is 2.47. The van der Waals surface area contributed by atoms with Gasteiger partial charge in [-0.3, -0.25) is 4.79 Å². The van der Waals surface area contributed by atoms with Crippen molar-refractivity contribution in [3.63, 3.8) is 0 Å². The van der Waals surface area contributed by atoms with Crippen molar-refractivity contribution in [1.29, 1.82) is 0 Å². The number of esters is 1. The van der Waals surface area contributed by atoms with Crippen LogP contribution in [0.1, 0.15) is 48.5 Å². The van der Waals surface area contributed by atoms with Crippen LogP contribution < -0.4 is 0 Å². The largest absolute Gasteiger partial charge is 0.449 e. The van der Waals surface area contributed by atoms with E-state index in [0.717, 1.165) is 31.4 Å². The van der Waals surface area contributed by atoms with Gasteiger partial charge < -0.3 is 9.64 Å². The zero-order chi connectivity index (χ0) is 14.2. The Morgan fingerprint density at radius 1 is 1.40 bits per heavy atom. The summed E-state index contributed by atoms with van der Waals surface area (Å²) < 4.78 is 5.69. The van der Waals surface area contributed by atoms with Crippen molar-refractivity contribution in [2.75, 3.05) is 13.1 Å². The van der Waals surface area contributed by atoms with Crippen molar-refractivity contribution in [3.8, 4) is 0 Å². The van der Waals surface area contributed by atoms with Crippen molar-refractivity contribution in [2.45, 2.75) is 38.2 Å². The first kappa shape index (κ1) is 13.2. The molecule has 1 aromatic carbocycles. The highest BCUT2D eigenvalue weighted by Crippen LogP contribution is 2.42. The zero-order valence-electron chi connectivity index (χ0n) is 11.7.